The van der Waals surface area contributed by atoms with Gasteiger partial charge in [-0.05, 0) is 97.7 Å². The fourth-order valence-electron chi connectivity index (χ4n) is 9.25. The Labute approximate surface area is 203 Å². The zero-order chi connectivity index (χ0) is 25.0. The largest absolute Gasteiger partial charge is 0.480 e. The molecule has 0 saturated heterocycles. The van der Waals surface area contributed by atoms with E-state index in [1.807, 2.05) is 0 Å². The summed E-state index contributed by atoms with van der Waals surface area (Å²) in [5, 5.41) is 41.8. The average Bonchev–Trinajstić information content (AvgIpc) is 3.13. The number of hydrogen-bond donors (Lipinski definition) is 4. The van der Waals surface area contributed by atoms with Crippen LogP contribution in [0.15, 0.2) is 0 Å². The van der Waals surface area contributed by atoms with Gasteiger partial charge in [0.2, 0.25) is 5.91 Å². The highest BCUT2D eigenvalue weighted by Gasteiger charge is 2.65. The molecule has 0 heterocycles. The van der Waals surface area contributed by atoms with Crippen LogP contribution >= 0.6 is 0 Å². The number of hydrogen-bond acceptors (Lipinski definition) is 5. The molecule has 0 bridgehead atoms. The molecule has 0 aliphatic heterocycles. The summed E-state index contributed by atoms with van der Waals surface area (Å²) in [5.74, 6) is 0.463. The van der Waals surface area contributed by atoms with Gasteiger partial charge < -0.3 is 25.3 Å². The fraction of sp³-hybridized carbons (Fsp3) is 0.926. The third kappa shape index (κ3) is 4.20. The fourth-order valence-corrected chi connectivity index (χ4v) is 9.25. The average molecular weight is 480 g/mol. The number of aliphatic hydroxyl groups is 3. The Morgan fingerprint density at radius 2 is 1.59 bits per heavy atom. The van der Waals surface area contributed by atoms with Crippen LogP contribution in [0, 0.1) is 46.3 Å². The first-order valence-electron chi connectivity index (χ1n) is 13.4. The zero-order valence-electron chi connectivity index (χ0n) is 21.3. The van der Waals surface area contributed by atoms with Gasteiger partial charge in [-0.25, -0.2) is 0 Å². The van der Waals surface area contributed by atoms with E-state index in [9.17, 15) is 24.9 Å². The Bertz CT molecular complexity index is 789. The van der Waals surface area contributed by atoms with Crippen molar-refractivity contribution < 1.29 is 30.0 Å². The number of carboxylic acids is 1. The van der Waals surface area contributed by atoms with Gasteiger partial charge in [0.05, 0.1) is 18.3 Å². The molecule has 0 aromatic rings. The van der Waals surface area contributed by atoms with Crippen LogP contribution in [0.25, 0.3) is 0 Å². The molecule has 4 rings (SSSR count). The number of aliphatic carboxylic acids is 1. The smallest absolute Gasteiger partial charge is 0.323 e. The van der Waals surface area contributed by atoms with Gasteiger partial charge in [0.1, 0.15) is 6.54 Å². The number of nitrogens with zero attached hydrogens (tertiary/aromatic N) is 1. The Morgan fingerprint density at radius 1 is 0.941 bits per heavy atom. The summed E-state index contributed by atoms with van der Waals surface area (Å²) in [5.41, 5.74) is 0.0450. The van der Waals surface area contributed by atoms with Crippen LogP contribution in [0.2, 0.25) is 0 Å². The van der Waals surface area contributed by atoms with Crippen LogP contribution < -0.4 is 0 Å². The van der Waals surface area contributed by atoms with Gasteiger partial charge in [0.15, 0.2) is 0 Å². The second-order valence-corrected chi connectivity index (χ2v) is 12.7. The van der Waals surface area contributed by atoms with Gasteiger partial charge in [-0.2, -0.15) is 0 Å². The number of fused-ring (bicyclic) bond motifs is 5. The second kappa shape index (κ2) is 9.36. The SMILES string of the molecule is C[C@H](CCC(=O)N(C)CC(=O)O)[C@H]1CCC2C3C(CC[C@@]21C)[C@@]1(C)CC[C@@H](O)CC1[C@@H](O)[C@H]3O. The Morgan fingerprint density at radius 3 is 2.26 bits per heavy atom. The molecule has 0 aromatic heterocycles. The van der Waals surface area contributed by atoms with Crippen LogP contribution in [0.3, 0.4) is 0 Å². The van der Waals surface area contributed by atoms with Crippen molar-refractivity contribution in [3.05, 3.63) is 0 Å². The molecule has 4 N–H and O–H groups in total. The van der Waals surface area contributed by atoms with E-state index in [-0.39, 0.29) is 41.2 Å². The standard InChI is InChI=1S/C27H45NO6/c1-15(5-8-21(30)28(4)14-22(31)32)17-6-7-18-23-19(10-12-26(17,18)2)27(3)11-9-16(29)13-20(27)24(33)25(23)34/h15-20,23-25,29,33-34H,5-14H2,1-4H3,(H,31,32)/t15-,16-,17-,18?,19?,20?,23?,24-,25+,26-,27-/m1/s1. The predicted octanol–water partition coefficient (Wildman–Crippen LogP) is 2.91. The molecule has 7 nitrogen and oxygen atoms in total. The van der Waals surface area contributed by atoms with Crippen LogP contribution in [-0.4, -0.2) is 69.1 Å². The summed E-state index contributed by atoms with van der Waals surface area (Å²) in [4.78, 5) is 24.6. The molecule has 0 radical (unpaired) electrons. The maximum atomic E-state index is 12.4. The van der Waals surface area contributed by atoms with Crippen LogP contribution in [0.1, 0.15) is 78.6 Å². The van der Waals surface area contributed by atoms with E-state index in [2.05, 4.69) is 20.8 Å². The van der Waals surface area contributed by atoms with Crippen molar-refractivity contribution in [3.63, 3.8) is 0 Å². The first kappa shape index (κ1) is 25.9. The van der Waals surface area contributed by atoms with Crippen LogP contribution in [-0.2, 0) is 9.59 Å². The van der Waals surface area contributed by atoms with E-state index >= 15 is 0 Å². The molecule has 0 aromatic carbocycles. The van der Waals surface area contributed by atoms with Crippen molar-refractivity contribution in [1.82, 2.24) is 4.90 Å². The van der Waals surface area contributed by atoms with Crippen molar-refractivity contribution in [2.45, 2.75) is 96.9 Å². The summed E-state index contributed by atoms with van der Waals surface area (Å²) < 4.78 is 0. The lowest BCUT2D eigenvalue weighted by Gasteiger charge is -2.63. The molecule has 4 unspecified atom stereocenters. The third-order valence-electron chi connectivity index (χ3n) is 11.1. The number of amides is 1. The van der Waals surface area contributed by atoms with E-state index in [4.69, 9.17) is 5.11 Å². The third-order valence-corrected chi connectivity index (χ3v) is 11.1. The van der Waals surface area contributed by atoms with E-state index in [1.165, 1.54) is 4.90 Å². The lowest BCUT2D eigenvalue weighted by atomic mass is 9.43. The van der Waals surface area contributed by atoms with Gasteiger partial charge in [-0.1, -0.05) is 20.8 Å². The molecule has 4 aliphatic carbocycles. The maximum absolute atomic E-state index is 12.4. The molecule has 0 spiro atoms. The summed E-state index contributed by atoms with van der Waals surface area (Å²) in [6.45, 7) is 6.63. The minimum absolute atomic E-state index is 0.0330. The van der Waals surface area contributed by atoms with Gasteiger partial charge in [-0.3, -0.25) is 9.59 Å². The van der Waals surface area contributed by atoms with Crippen molar-refractivity contribution in [2.24, 2.45) is 46.3 Å². The number of likely N-dealkylation sites (N-methyl/N-ethyl adjacent to an activating group) is 1. The van der Waals surface area contributed by atoms with E-state index in [0.717, 1.165) is 44.9 Å². The van der Waals surface area contributed by atoms with Crippen molar-refractivity contribution in [3.8, 4) is 0 Å². The van der Waals surface area contributed by atoms with E-state index in [0.29, 0.717) is 36.5 Å². The maximum Gasteiger partial charge on any atom is 0.323 e. The monoisotopic (exact) mass is 479 g/mol. The normalized spacial score (nSPS) is 46.7. The summed E-state index contributed by atoms with van der Waals surface area (Å²) in [6.07, 6.45) is 5.78. The second-order valence-electron chi connectivity index (χ2n) is 12.7. The molecule has 11 atom stereocenters. The highest BCUT2D eigenvalue weighted by molar-refractivity contribution is 5.80. The quantitative estimate of drug-likeness (QED) is 0.465. The van der Waals surface area contributed by atoms with Gasteiger partial charge in [0.25, 0.3) is 0 Å². The highest BCUT2D eigenvalue weighted by atomic mass is 16.4. The summed E-state index contributed by atoms with van der Waals surface area (Å²) in [7, 11) is 1.54. The molecule has 34 heavy (non-hydrogen) atoms. The number of rotatable bonds is 6. The lowest BCUT2D eigenvalue weighted by Crippen LogP contribution is -2.64. The molecule has 4 fully saturated rings. The number of carboxylic acid groups (broad SMARTS) is 1. The Hall–Kier alpha value is -1.18. The Balaban J connectivity index is 1.47. The van der Waals surface area contributed by atoms with Gasteiger partial charge in [0, 0.05) is 13.5 Å². The van der Waals surface area contributed by atoms with E-state index < -0.39 is 18.2 Å². The minimum atomic E-state index is -0.997. The van der Waals surface area contributed by atoms with Crippen molar-refractivity contribution in [1.29, 1.82) is 0 Å². The van der Waals surface area contributed by atoms with Crippen molar-refractivity contribution in [2.75, 3.05) is 13.6 Å². The topological polar surface area (TPSA) is 118 Å². The predicted molar refractivity (Wildman–Crippen MR) is 128 cm³/mol. The van der Waals surface area contributed by atoms with Crippen LogP contribution in [0.5, 0.6) is 0 Å². The number of carbonyl (C=O) groups excluding carboxylic acids is 1. The molecular weight excluding hydrogens is 434 g/mol. The first-order chi connectivity index (χ1) is 15.9. The minimum Gasteiger partial charge on any atom is -0.480 e. The molecule has 4 saturated carbocycles. The van der Waals surface area contributed by atoms with Crippen LogP contribution in [0.4, 0.5) is 0 Å². The van der Waals surface area contributed by atoms with E-state index in [1.54, 1.807) is 7.05 Å². The molecule has 4 aliphatic rings. The molecule has 7 heteroatoms. The van der Waals surface area contributed by atoms with Gasteiger partial charge in [-0.15, -0.1) is 0 Å². The van der Waals surface area contributed by atoms with Crippen molar-refractivity contribution >= 4 is 11.9 Å². The molecule has 194 valence electrons. The number of carbonyl (C=O) groups is 2. The first-order valence-corrected chi connectivity index (χ1v) is 13.4. The summed E-state index contributed by atoms with van der Waals surface area (Å²) >= 11 is 0. The zero-order valence-corrected chi connectivity index (χ0v) is 21.3. The summed E-state index contributed by atoms with van der Waals surface area (Å²) in [6, 6.07) is 0. The number of aliphatic hydroxyl groups excluding tert-OH is 3. The highest BCUT2D eigenvalue weighted by Crippen LogP contribution is 2.68. The van der Waals surface area contributed by atoms with Gasteiger partial charge >= 0.3 is 5.97 Å². The lowest BCUT2D eigenvalue weighted by molar-refractivity contribution is -0.223. The Kier molecular flexibility index (Phi) is 7.13. The molecular formula is C27H45NO6. The molecule has 1 amide bonds.